The Balaban J connectivity index is 1.37. The Morgan fingerprint density at radius 2 is 1.84 bits per heavy atom. The number of pyridine rings is 1. The lowest BCUT2D eigenvalue weighted by molar-refractivity contribution is 0.102. The van der Waals surface area contributed by atoms with Gasteiger partial charge >= 0.3 is 0 Å². The maximum absolute atomic E-state index is 12.8. The lowest BCUT2D eigenvalue weighted by Crippen LogP contribution is -2.12. The number of anilines is 1. The van der Waals surface area contributed by atoms with Crippen molar-refractivity contribution in [3.05, 3.63) is 102 Å². The van der Waals surface area contributed by atoms with Crippen molar-refractivity contribution in [1.29, 1.82) is 0 Å². The third kappa shape index (κ3) is 3.77. The molecule has 2 N–H and O–H groups in total. The van der Waals surface area contributed by atoms with Crippen LogP contribution >= 0.6 is 0 Å². The summed E-state index contributed by atoms with van der Waals surface area (Å²) >= 11 is 0. The smallest absolute Gasteiger partial charge is 0.255 e. The maximum Gasteiger partial charge on any atom is 0.255 e. The summed E-state index contributed by atoms with van der Waals surface area (Å²) in [6, 6.07) is 18.1. The molecule has 3 aromatic heterocycles. The zero-order chi connectivity index (χ0) is 22.1. The highest BCUT2D eigenvalue weighted by Gasteiger charge is 2.16. The minimum absolute atomic E-state index is 0.255. The third-order valence-corrected chi connectivity index (χ3v) is 4.99. The molecule has 0 aliphatic carbocycles. The first kappa shape index (κ1) is 19.4. The summed E-state index contributed by atoms with van der Waals surface area (Å²) in [5.41, 5.74) is 4.52. The van der Waals surface area contributed by atoms with Crippen LogP contribution in [-0.2, 0) is 0 Å². The summed E-state index contributed by atoms with van der Waals surface area (Å²) in [5.74, 6) is -0.262. The largest absolute Gasteiger partial charge is 0.335 e. The van der Waals surface area contributed by atoms with Crippen LogP contribution in [0.5, 0.6) is 0 Å². The van der Waals surface area contributed by atoms with Gasteiger partial charge in [0.15, 0.2) is 5.82 Å². The zero-order valence-electron chi connectivity index (χ0n) is 17.1. The molecular weight excluding hydrogens is 404 g/mol. The van der Waals surface area contributed by atoms with E-state index in [1.54, 1.807) is 41.3 Å². The van der Waals surface area contributed by atoms with Gasteiger partial charge in [0.2, 0.25) is 5.78 Å². The van der Waals surface area contributed by atoms with Crippen molar-refractivity contribution in [2.24, 2.45) is 0 Å². The fraction of sp³-hybridized carbons (Fsp3) is 0.0417. The van der Waals surface area contributed by atoms with E-state index in [1.807, 2.05) is 43.3 Å². The minimum atomic E-state index is -0.261. The zero-order valence-corrected chi connectivity index (χ0v) is 17.1. The molecule has 5 aromatic rings. The molecule has 0 saturated carbocycles. The van der Waals surface area contributed by atoms with Gasteiger partial charge in [-0.1, -0.05) is 18.2 Å². The average molecular weight is 422 g/mol. The standard InChI is InChI=1S/C24H18N6O2/c1-15-9-10-18(13-25-15)27-24(32)16-5-4-6-19(11-16)30-14-17(12-26-30)22(31)23-28-20-7-2-3-8-21(20)29-23/h2-14H,1H3,(H,27,32)(H,28,29). The number of aromatic amines is 1. The molecule has 5 rings (SSSR count). The highest BCUT2D eigenvalue weighted by molar-refractivity contribution is 6.07. The highest BCUT2D eigenvalue weighted by Crippen LogP contribution is 2.16. The lowest BCUT2D eigenvalue weighted by Gasteiger charge is -2.07. The van der Waals surface area contributed by atoms with Crippen LogP contribution in [0.15, 0.2) is 79.3 Å². The molecule has 8 nitrogen and oxygen atoms in total. The number of hydrogen-bond acceptors (Lipinski definition) is 5. The van der Waals surface area contributed by atoms with E-state index in [4.69, 9.17) is 0 Å². The Labute approximate surface area is 183 Å². The number of nitrogens with one attached hydrogen (secondary N) is 2. The van der Waals surface area contributed by atoms with Crippen LogP contribution in [-0.4, -0.2) is 36.4 Å². The van der Waals surface area contributed by atoms with Gasteiger partial charge in [0.05, 0.1) is 40.4 Å². The molecule has 0 atom stereocenters. The number of carbonyl (C=O) groups is 2. The molecule has 1 amide bonds. The van der Waals surface area contributed by atoms with Crippen LogP contribution in [0.25, 0.3) is 16.7 Å². The topological polar surface area (TPSA) is 106 Å². The van der Waals surface area contributed by atoms with E-state index < -0.39 is 0 Å². The van der Waals surface area contributed by atoms with E-state index in [2.05, 4.69) is 25.4 Å². The molecule has 0 unspecified atom stereocenters. The lowest BCUT2D eigenvalue weighted by atomic mass is 10.2. The second-order valence-corrected chi connectivity index (χ2v) is 7.30. The van der Waals surface area contributed by atoms with E-state index in [1.165, 1.54) is 6.20 Å². The number of H-pyrrole nitrogens is 1. The second-order valence-electron chi connectivity index (χ2n) is 7.30. The van der Waals surface area contributed by atoms with Gasteiger partial charge in [-0.15, -0.1) is 0 Å². The fourth-order valence-electron chi connectivity index (χ4n) is 3.31. The Kier molecular flexibility index (Phi) is 4.79. The van der Waals surface area contributed by atoms with Crippen molar-refractivity contribution in [1.82, 2.24) is 24.7 Å². The van der Waals surface area contributed by atoms with Crippen molar-refractivity contribution >= 4 is 28.4 Å². The molecule has 0 fully saturated rings. The SMILES string of the molecule is Cc1ccc(NC(=O)c2cccc(-n3cc(C(=O)c4nc5ccccc5[nH]4)cn3)c2)cn1. The summed E-state index contributed by atoms with van der Waals surface area (Å²) in [4.78, 5) is 37.0. The number of hydrogen-bond donors (Lipinski definition) is 2. The number of fused-ring (bicyclic) bond motifs is 1. The Morgan fingerprint density at radius 1 is 0.969 bits per heavy atom. The molecule has 8 heteroatoms. The van der Waals surface area contributed by atoms with Gasteiger partial charge in [-0.25, -0.2) is 9.67 Å². The Hall–Kier alpha value is -4.59. The highest BCUT2D eigenvalue weighted by atomic mass is 16.1. The van der Waals surface area contributed by atoms with Crippen molar-refractivity contribution in [2.45, 2.75) is 6.92 Å². The van der Waals surface area contributed by atoms with Gasteiger partial charge in [-0.05, 0) is 49.4 Å². The number of para-hydroxylation sites is 2. The first-order valence-electron chi connectivity index (χ1n) is 9.95. The molecule has 0 bridgehead atoms. The molecule has 0 radical (unpaired) electrons. The number of carbonyl (C=O) groups excluding carboxylic acids is 2. The van der Waals surface area contributed by atoms with Crippen LogP contribution in [0.4, 0.5) is 5.69 Å². The van der Waals surface area contributed by atoms with Gasteiger partial charge < -0.3 is 10.3 Å². The quantitative estimate of drug-likeness (QED) is 0.418. The van der Waals surface area contributed by atoms with Crippen LogP contribution in [0.1, 0.15) is 32.2 Å². The number of benzene rings is 2. The number of nitrogens with zero attached hydrogens (tertiary/aromatic N) is 4. The third-order valence-electron chi connectivity index (χ3n) is 4.99. The van der Waals surface area contributed by atoms with Crippen LogP contribution in [0.3, 0.4) is 0 Å². The molecule has 0 aliphatic rings. The van der Waals surface area contributed by atoms with Crippen LogP contribution < -0.4 is 5.32 Å². The molecule has 0 saturated heterocycles. The average Bonchev–Trinajstić information content (AvgIpc) is 3.48. The summed E-state index contributed by atoms with van der Waals surface area (Å²) < 4.78 is 1.56. The molecule has 156 valence electrons. The number of aromatic nitrogens is 5. The molecule has 32 heavy (non-hydrogen) atoms. The first-order valence-corrected chi connectivity index (χ1v) is 9.95. The molecule has 2 aromatic carbocycles. The van der Waals surface area contributed by atoms with Gasteiger partial charge in [0, 0.05) is 17.5 Å². The molecule has 3 heterocycles. The monoisotopic (exact) mass is 422 g/mol. The fourth-order valence-corrected chi connectivity index (χ4v) is 3.31. The van der Waals surface area contributed by atoms with E-state index in [-0.39, 0.29) is 17.5 Å². The summed E-state index contributed by atoms with van der Waals surface area (Å²) in [7, 11) is 0. The normalized spacial score (nSPS) is 10.9. The predicted molar refractivity (Wildman–Crippen MR) is 120 cm³/mol. The van der Waals surface area contributed by atoms with E-state index in [9.17, 15) is 9.59 Å². The van der Waals surface area contributed by atoms with Gasteiger partial charge in [0.25, 0.3) is 5.91 Å². The summed E-state index contributed by atoms with van der Waals surface area (Å²) in [6.07, 6.45) is 4.72. The van der Waals surface area contributed by atoms with Crippen LogP contribution in [0, 0.1) is 6.92 Å². The predicted octanol–water partition coefficient (Wildman–Crippen LogP) is 3.94. The Bertz CT molecular complexity index is 1420. The number of ketones is 1. The van der Waals surface area contributed by atoms with Gasteiger partial charge in [0.1, 0.15) is 0 Å². The minimum Gasteiger partial charge on any atom is -0.335 e. The number of rotatable bonds is 5. The maximum atomic E-state index is 12.8. The van der Waals surface area contributed by atoms with E-state index in [0.29, 0.717) is 22.5 Å². The van der Waals surface area contributed by atoms with Crippen LogP contribution in [0.2, 0.25) is 0 Å². The van der Waals surface area contributed by atoms with Gasteiger partial charge in [-0.3, -0.25) is 14.6 Å². The molecule has 0 spiro atoms. The first-order chi connectivity index (χ1) is 15.6. The Morgan fingerprint density at radius 3 is 2.66 bits per heavy atom. The summed E-state index contributed by atoms with van der Waals surface area (Å²) in [6.45, 7) is 1.88. The van der Waals surface area contributed by atoms with Crippen molar-refractivity contribution in [3.63, 3.8) is 0 Å². The van der Waals surface area contributed by atoms with Gasteiger partial charge in [-0.2, -0.15) is 5.10 Å². The summed E-state index contributed by atoms with van der Waals surface area (Å²) in [5, 5.41) is 7.12. The van der Waals surface area contributed by atoms with Crippen molar-refractivity contribution < 1.29 is 9.59 Å². The molecule has 0 aliphatic heterocycles. The van der Waals surface area contributed by atoms with E-state index in [0.717, 1.165) is 16.7 Å². The number of imidazole rings is 1. The number of aryl methyl sites for hydroxylation is 1. The second kappa shape index (κ2) is 7.92. The molecular formula is C24H18N6O2. The van der Waals surface area contributed by atoms with E-state index >= 15 is 0 Å². The van der Waals surface area contributed by atoms with Crippen molar-refractivity contribution in [3.8, 4) is 5.69 Å². The van der Waals surface area contributed by atoms with Crippen molar-refractivity contribution in [2.75, 3.05) is 5.32 Å². The number of amides is 1.